The Labute approximate surface area is 180 Å². The van der Waals surface area contributed by atoms with E-state index < -0.39 is 35.2 Å². The molecule has 1 aromatic carbocycles. The van der Waals surface area contributed by atoms with Crippen molar-refractivity contribution >= 4 is 17.5 Å². The lowest BCUT2D eigenvalue weighted by atomic mass is 10.2. The normalized spacial score (nSPS) is 12.3. The molecule has 0 saturated carbocycles. The smallest absolute Gasteiger partial charge is 0.288 e. The molecule has 33 heavy (non-hydrogen) atoms. The molecule has 3 aromatic heterocycles. The molecule has 1 N–H and O–H groups in total. The summed E-state index contributed by atoms with van der Waals surface area (Å²) in [7, 11) is 0. The highest BCUT2D eigenvalue weighted by Crippen LogP contribution is 2.43. The van der Waals surface area contributed by atoms with Crippen LogP contribution in [0.2, 0.25) is 0 Å². The number of rotatable bonds is 5. The molecule has 3 heterocycles. The van der Waals surface area contributed by atoms with E-state index in [2.05, 4.69) is 25.5 Å². The zero-order valence-corrected chi connectivity index (χ0v) is 16.6. The van der Waals surface area contributed by atoms with Gasteiger partial charge in [-0.3, -0.25) is 10.1 Å². The van der Waals surface area contributed by atoms with Gasteiger partial charge in [0.25, 0.3) is 5.91 Å². The fourth-order valence-electron chi connectivity index (χ4n) is 3.00. The van der Waals surface area contributed by atoms with Crippen molar-refractivity contribution < 1.29 is 31.1 Å². The first-order valence-corrected chi connectivity index (χ1v) is 9.22. The maximum absolute atomic E-state index is 14.0. The SMILES string of the molecule is Cc1cc(C(F)(F)C(F)(F)F)n2nc(C(=O)Nc3ncn(Cc4cccc(F)c4)n3)cc2n1. The van der Waals surface area contributed by atoms with Gasteiger partial charge in [0.05, 0.1) is 6.54 Å². The van der Waals surface area contributed by atoms with Crippen LogP contribution in [0.15, 0.2) is 42.7 Å². The quantitative estimate of drug-likeness (QED) is 0.450. The van der Waals surface area contributed by atoms with Gasteiger partial charge in [-0.25, -0.2) is 23.6 Å². The summed E-state index contributed by atoms with van der Waals surface area (Å²) in [6, 6.07) is 7.24. The first kappa shape index (κ1) is 22.2. The van der Waals surface area contributed by atoms with E-state index in [9.17, 15) is 31.1 Å². The molecule has 4 rings (SSSR count). The number of amides is 1. The molecule has 8 nitrogen and oxygen atoms in total. The van der Waals surface area contributed by atoms with Crippen LogP contribution in [-0.2, 0) is 12.5 Å². The monoisotopic (exact) mass is 469 g/mol. The van der Waals surface area contributed by atoms with Crippen molar-refractivity contribution in [2.75, 3.05) is 5.32 Å². The van der Waals surface area contributed by atoms with Crippen LogP contribution >= 0.6 is 0 Å². The van der Waals surface area contributed by atoms with Crippen molar-refractivity contribution in [1.82, 2.24) is 29.4 Å². The molecule has 0 fully saturated rings. The third kappa shape index (κ3) is 4.36. The molecule has 0 atom stereocenters. The number of carbonyl (C=O) groups is 1. The zero-order chi connectivity index (χ0) is 24.0. The lowest BCUT2D eigenvalue weighted by Gasteiger charge is -2.20. The van der Waals surface area contributed by atoms with Gasteiger partial charge < -0.3 is 0 Å². The number of benzene rings is 1. The third-order valence-electron chi connectivity index (χ3n) is 4.46. The fourth-order valence-corrected chi connectivity index (χ4v) is 3.00. The number of hydrogen-bond donors (Lipinski definition) is 1. The Balaban J connectivity index is 1.58. The summed E-state index contributed by atoms with van der Waals surface area (Å²) in [5.74, 6) is -6.80. The van der Waals surface area contributed by atoms with Crippen molar-refractivity contribution in [3.8, 4) is 0 Å². The van der Waals surface area contributed by atoms with Crippen LogP contribution in [0, 0.1) is 12.7 Å². The number of carbonyl (C=O) groups excluding carboxylic acids is 1. The number of aryl methyl sites for hydroxylation is 1. The van der Waals surface area contributed by atoms with Crippen molar-refractivity contribution in [2.24, 2.45) is 0 Å². The second-order valence-corrected chi connectivity index (χ2v) is 7.00. The number of halogens is 6. The Kier molecular flexibility index (Phi) is 5.30. The first-order chi connectivity index (χ1) is 15.4. The van der Waals surface area contributed by atoms with Crippen LogP contribution in [0.5, 0.6) is 0 Å². The third-order valence-corrected chi connectivity index (χ3v) is 4.46. The number of nitrogens with one attached hydrogen (secondary N) is 1. The Morgan fingerprint density at radius 2 is 1.85 bits per heavy atom. The minimum absolute atomic E-state index is 0.119. The second-order valence-electron chi connectivity index (χ2n) is 7.00. The Hall–Kier alpha value is -3.97. The predicted molar refractivity (Wildman–Crippen MR) is 101 cm³/mol. The minimum atomic E-state index is -5.87. The minimum Gasteiger partial charge on any atom is -0.288 e. The Morgan fingerprint density at radius 3 is 2.55 bits per heavy atom. The topological polar surface area (TPSA) is 90.0 Å². The van der Waals surface area contributed by atoms with Crippen LogP contribution in [0.25, 0.3) is 5.65 Å². The van der Waals surface area contributed by atoms with E-state index in [4.69, 9.17) is 0 Å². The highest BCUT2D eigenvalue weighted by atomic mass is 19.4. The van der Waals surface area contributed by atoms with Crippen molar-refractivity contribution in [1.29, 1.82) is 0 Å². The van der Waals surface area contributed by atoms with Gasteiger partial charge in [-0.2, -0.15) is 27.1 Å². The highest BCUT2D eigenvalue weighted by Gasteiger charge is 2.60. The summed E-state index contributed by atoms with van der Waals surface area (Å²) in [6.45, 7) is 1.38. The van der Waals surface area contributed by atoms with E-state index in [0.29, 0.717) is 11.6 Å². The molecule has 0 unspecified atom stereocenters. The van der Waals surface area contributed by atoms with Crippen molar-refractivity contribution in [3.05, 3.63) is 71.2 Å². The fraction of sp³-hybridized carbons (Fsp3) is 0.211. The van der Waals surface area contributed by atoms with Gasteiger partial charge in [-0.05, 0) is 30.7 Å². The summed E-state index contributed by atoms with van der Waals surface area (Å²) >= 11 is 0. The molecule has 4 aromatic rings. The second kappa shape index (κ2) is 7.86. The number of hydrogen-bond acceptors (Lipinski definition) is 5. The molecule has 172 valence electrons. The summed E-state index contributed by atoms with van der Waals surface area (Å²) < 4.78 is 81.5. The summed E-state index contributed by atoms with van der Waals surface area (Å²) in [6.07, 6.45) is -4.61. The molecule has 0 spiro atoms. The predicted octanol–water partition coefficient (Wildman–Crippen LogP) is 3.72. The van der Waals surface area contributed by atoms with Crippen molar-refractivity contribution in [2.45, 2.75) is 25.6 Å². The number of nitrogens with zero attached hydrogens (tertiary/aromatic N) is 6. The molecule has 0 aliphatic carbocycles. The van der Waals surface area contributed by atoms with E-state index in [1.165, 1.54) is 36.1 Å². The van der Waals surface area contributed by atoms with Gasteiger partial charge in [0, 0.05) is 11.8 Å². The maximum atomic E-state index is 14.0. The summed E-state index contributed by atoms with van der Waals surface area (Å²) in [4.78, 5) is 20.2. The van der Waals surface area contributed by atoms with Crippen LogP contribution in [0.3, 0.4) is 0 Å². The molecule has 0 bridgehead atoms. The van der Waals surface area contributed by atoms with E-state index >= 15 is 0 Å². The summed E-state index contributed by atoms with van der Waals surface area (Å²) in [5, 5.41) is 9.83. The van der Waals surface area contributed by atoms with Crippen LogP contribution in [-0.4, -0.2) is 41.4 Å². The molecule has 14 heteroatoms. The number of alkyl halides is 5. The number of fused-ring (bicyclic) bond motifs is 1. The lowest BCUT2D eigenvalue weighted by molar-refractivity contribution is -0.291. The standard InChI is InChI=1S/C19H13F6N7O/c1-10-5-14(18(21,22)19(23,24)25)32-15(27-10)7-13(29-32)16(33)28-17-26-9-31(30-17)8-11-3-2-4-12(20)6-11/h2-7,9H,8H2,1H3,(H,28,30,33). The van der Waals surface area contributed by atoms with Gasteiger partial charge in [0.2, 0.25) is 5.95 Å². The average molecular weight is 469 g/mol. The molecule has 1 amide bonds. The number of aromatic nitrogens is 6. The van der Waals surface area contributed by atoms with Gasteiger partial charge >= 0.3 is 12.1 Å². The van der Waals surface area contributed by atoms with Crippen molar-refractivity contribution in [3.63, 3.8) is 0 Å². The Bertz CT molecular complexity index is 1340. The molecule has 0 radical (unpaired) electrons. The molecular formula is C19H13F6N7O. The summed E-state index contributed by atoms with van der Waals surface area (Å²) in [5.41, 5.74) is -1.87. The Morgan fingerprint density at radius 1 is 1.09 bits per heavy atom. The van der Waals surface area contributed by atoms with Crippen LogP contribution in [0.1, 0.15) is 27.4 Å². The largest absolute Gasteiger partial charge is 0.459 e. The zero-order valence-electron chi connectivity index (χ0n) is 16.6. The lowest BCUT2D eigenvalue weighted by Crippen LogP contribution is -2.36. The highest BCUT2D eigenvalue weighted by molar-refractivity contribution is 6.02. The van der Waals surface area contributed by atoms with Gasteiger partial charge in [-0.1, -0.05) is 12.1 Å². The van der Waals surface area contributed by atoms with Crippen LogP contribution in [0.4, 0.5) is 32.3 Å². The van der Waals surface area contributed by atoms with E-state index in [-0.39, 0.29) is 28.3 Å². The van der Waals surface area contributed by atoms with Gasteiger partial charge in [-0.15, -0.1) is 5.10 Å². The first-order valence-electron chi connectivity index (χ1n) is 9.22. The molecule has 0 aliphatic heterocycles. The number of anilines is 1. The molecule has 0 saturated heterocycles. The van der Waals surface area contributed by atoms with E-state index in [0.717, 1.165) is 6.07 Å². The molecular weight excluding hydrogens is 456 g/mol. The van der Waals surface area contributed by atoms with Gasteiger partial charge in [0.1, 0.15) is 17.8 Å². The average Bonchev–Trinajstić information content (AvgIpc) is 3.33. The van der Waals surface area contributed by atoms with E-state index in [1.807, 2.05) is 0 Å². The maximum Gasteiger partial charge on any atom is 0.459 e. The van der Waals surface area contributed by atoms with Crippen LogP contribution < -0.4 is 5.32 Å². The molecule has 0 aliphatic rings. The van der Waals surface area contributed by atoms with Gasteiger partial charge in [0.15, 0.2) is 11.3 Å². The van der Waals surface area contributed by atoms with E-state index in [1.54, 1.807) is 6.07 Å².